The molecule has 0 bridgehead atoms. The highest BCUT2D eigenvalue weighted by Gasteiger charge is 2.25. The lowest BCUT2D eigenvalue weighted by Crippen LogP contribution is -2.48. The number of phosphoric ester groups is 1. The molecule has 0 rings (SSSR count). The van der Waals surface area contributed by atoms with Gasteiger partial charge >= 0.3 is 13.8 Å². The molecule has 0 saturated carbocycles. The third kappa shape index (κ3) is 43.2. The average molecular weight is 961 g/mol. The molecule has 3 amide bonds. The first-order valence-electron chi connectivity index (χ1n) is 27.0. The summed E-state index contributed by atoms with van der Waals surface area (Å²) in [4.78, 5) is 71.5. The number of phosphoric acid groups is 1. The van der Waals surface area contributed by atoms with Gasteiger partial charge in [0.1, 0.15) is 12.1 Å². The number of carbonyl (C=O) groups excluding carboxylic acids is 4. The molecule has 0 aliphatic rings. The van der Waals surface area contributed by atoms with E-state index in [4.69, 9.17) is 15.0 Å². The molecular formula is C51H101N4O10P. The Labute approximate surface area is 402 Å². The summed E-state index contributed by atoms with van der Waals surface area (Å²) in [6.07, 6.45) is 33.1. The van der Waals surface area contributed by atoms with Crippen molar-refractivity contribution in [3.8, 4) is 0 Å². The second kappa shape index (κ2) is 45.4. The van der Waals surface area contributed by atoms with E-state index in [2.05, 4.69) is 36.7 Å². The lowest BCUT2D eigenvalue weighted by atomic mass is 10.0. The average Bonchev–Trinajstić information content (AvgIpc) is 3.27. The molecule has 390 valence electrons. The minimum Gasteiger partial charge on any atom is -0.462 e. The highest BCUT2D eigenvalue weighted by molar-refractivity contribution is 7.46. The van der Waals surface area contributed by atoms with E-state index in [9.17, 15) is 38.6 Å². The SMILES string of the molecule is CCCCCCCCCCCC(=O)O[C@H](CCCCCCCCCCC)CC(=O)N[C@@H](CCCCN)C(=O)NCCC[C@H](COP(=O)(O)O)NC(=O)C[C@H](O)CCCCCCCCCCC. The number of hydrogen-bond acceptors (Lipinski definition) is 9. The Morgan fingerprint density at radius 3 is 1.50 bits per heavy atom. The van der Waals surface area contributed by atoms with Crippen LogP contribution in [0.4, 0.5) is 0 Å². The van der Waals surface area contributed by atoms with E-state index in [0.717, 1.165) is 57.8 Å². The summed E-state index contributed by atoms with van der Waals surface area (Å²) in [7, 11) is -4.81. The van der Waals surface area contributed by atoms with Crippen LogP contribution in [0.3, 0.4) is 0 Å². The van der Waals surface area contributed by atoms with Crippen molar-refractivity contribution < 1.29 is 47.9 Å². The lowest BCUT2D eigenvalue weighted by Gasteiger charge is -2.22. The van der Waals surface area contributed by atoms with Crippen molar-refractivity contribution in [2.24, 2.45) is 5.73 Å². The van der Waals surface area contributed by atoms with Crippen molar-refractivity contribution in [3.05, 3.63) is 0 Å². The van der Waals surface area contributed by atoms with Crippen molar-refractivity contribution >= 4 is 31.5 Å². The predicted octanol–water partition coefficient (Wildman–Crippen LogP) is 10.9. The van der Waals surface area contributed by atoms with Gasteiger partial charge in [0.2, 0.25) is 17.7 Å². The number of nitrogens with two attached hydrogens (primary N) is 1. The number of hydrogen-bond donors (Lipinski definition) is 7. The molecule has 0 saturated heterocycles. The van der Waals surface area contributed by atoms with Crippen molar-refractivity contribution in [2.45, 2.75) is 283 Å². The summed E-state index contributed by atoms with van der Waals surface area (Å²) in [6, 6.07) is -1.61. The number of ether oxygens (including phenoxy) is 1. The Bertz CT molecular complexity index is 1220. The van der Waals surface area contributed by atoms with Crippen LogP contribution in [0.15, 0.2) is 0 Å². The van der Waals surface area contributed by atoms with Crippen molar-refractivity contribution in [1.29, 1.82) is 0 Å². The van der Waals surface area contributed by atoms with E-state index in [-0.39, 0.29) is 43.6 Å². The molecule has 0 heterocycles. The Balaban J connectivity index is 5.23. The third-order valence-electron chi connectivity index (χ3n) is 12.3. The smallest absolute Gasteiger partial charge is 0.462 e. The number of nitrogens with one attached hydrogen (secondary N) is 3. The van der Waals surface area contributed by atoms with Crippen LogP contribution in [0.25, 0.3) is 0 Å². The van der Waals surface area contributed by atoms with E-state index < -0.39 is 44.6 Å². The molecule has 4 atom stereocenters. The van der Waals surface area contributed by atoms with Gasteiger partial charge in [0.15, 0.2) is 0 Å². The van der Waals surface area contributed by atoms with Crippen LogP contribution in [0.1, 0.15) is 258 Å². The van der Waals surface area contributed by atoms with Gasteiger partial charge in [0.05, 0.1) is 31.6 Å². The summed E-state index contributed by atoms with van der Waals surface area (Å²) >= 11 is 0. The van der Waals surface area contributed by atoms with Crippen molar-refractivity contribution in [1.82, 2.24) is 16.0 Å². The fourth-order valence-electron chi connectivity index (χ4n) is 8.29. The standard InChI is InChI=1S/C51H101N4O10P/c1-4-7-10-13-16-19-22-25-28-35-45(56)41-48(57)54-44(43-64-66(61,62)63)34-33-40-53-51(60)47(37-31-32-39-52)55-49(58)42-46(36-29-26-23-20-17-14-11-8-5-2)65-50(59)38-30-27-24-21-18-15-12-9-6-3/h44-47,56H,4-43,52H2,1-3H3,(H,53,60)(H,54,57)(H,55,58)(H2,61,62,63)/t44-,45-,46-,47+/m1/s1. The summed E-state index contributed by atoms with van der Waals surface area (Å²) in [5.74, 6) is -1.48. The highest BCUT2D eigenvalue weighted by atomic mass is 31.2. The van der Waals surface area contributed by atoms with Crippen LogP contribution in [0.2, 0.25) is 0 Å². The normalized spacial score (nSPS) is 13.5. The van der Waals surface area contributed by atoms with E-state index >= 15 is 0 Å². The summed E-state index contributed by atoms with van der Waals surface area (Å²) in [5.41, 5.74) is 5.74. The maximum absolute atomic E-state index is 13.5. The molecule has 15 heteroatoms. The molecule has 8 N–H and O–H groups in total. The fourth-order valence-corrected chi connectivity index (χ4v) is 8.67. The maximum atomic E-state index is 13.5. The van der Waals surface area contributed by atoms with E-state index in [1.165, 1.54) is 116 Å². The number of esters is 1. The Hall–Kier alpha value is -2.09. The quantitative estimate of drug-likeness (QED) is 0.0172. The number of rotatable bonds is 49. The number of unbranched alkanes of at least 4 members (excludes halogenated alkanes) is 25. The van der Waals surface area contributed by atoms with Crippen molar-refractivity contribution in [2.75, 3.05) is 19.7 Å². The highest BCUT2D eigenvalue weighted by Crippen LogP contribution is 2.36. The minimum atomic E-state index is -4.81. The summed E-state index contributed by atoms with van der Waals surface area (Å²) in [6.45, 7) is 6.80. The van der Waals surface area contributed by atoms with Gasteiger partial charge in [0, 0.05) is 13.0 Å². The molecule has 0 fully saturated rings. The van der Waals surface area contributed by atoms with E-state index in [0.29, 0.717) is 51.5 Å². The Morgan fingerprint density at radius 2 is 1.00 bits per heavy atom. The summed E-state index contributed by atoms with van der Waals surface area (Å²) < 4.78 is 22.1. The van der Waals surface area contributed by atoms with Crippen LogP contribution in [-0.4, -0.2) is 82.6 Å². The molecule has 0 aliphatic carbocycles. The fraction of sp³-hybridized carbons (Fsp3) is 0.922. The Kier molecular flexibility index (Phi) is 43.9. The van der Waals surface area contributed by atoms with Crippen LogP contribution in [-0.2, 0) is 33.0 Å². The predicted molar refractivity (Wildman–Crippen MR) is 268 cm³/mol. The number of amides is 3. The number of aliphatic hydroxyl groups is 1. The van der Waals surface area contributed by atoms with Crippen LogP contribution in [0, 0.1) is 0 Å². The van der Waals surface area contributed by atoms with Crippen LogP contribution in [0.5, 0.6) is 0 Å². The minimum absolute atomic E-state index is 0.0317. The maximum Gasteiger partial charge on any atom is 0.469 e. The van der Waals surface area contributed by atoms with Gasteiger partial charge < -0.3 is 41.3 Å². The molecule has 0 aromatic heterocycles. The van der Waals surface area contributed by atoms with Gasteiger partial charge in [-0.2, -0.15) is 0 Å². The molecule has 0 unspecified atom stereocenters. The molecule has 0 aromatic carbocycles. The van der Waals surface area contributed by atoms with E-state index in [1.807, 2.05) is 0 Å². The van der Waals surface area contributed by atoms with Gasteiger partial charge in [-0.25, -0.2) is 4.57 Å². The zero-order valence-corrected chi connectivity index (χ0v) is 43.2. The van der Waals surface area contributed by atoms with E-state index in [1.54, 1.807) is 0 Å². The van der Waals surface area contributed by atoms with Crippen LogP contribution >= 0.6 is 7.82 Å². The first-order valence-corrected chi connectivity index (χ1v) is 28.5. The Morgan fingerprint density at radius 1 is 0.545 bits per heavy atom. The third-order valence-corrected chi connectivity index (χ3v) is 12.8. The monoisotopic (exact) mass is 961 g/mol. The largest absolute Gasteiger partial charge is 0.469 e. The number of carbonyl (C=O) groups is 4. The summed E-state index contributed by atoms with van der Waals surface area (Å²) in [5, 5.41) is 19.0. The van der Waals surface area contributed by atoms with Crippen LogP contribution < -0.4 is 21.7 Å². The molecule has 0 spiro atoms. The second-order valence-electron chi connectivity index (χ2n) is 18.9. The molecule has 66 heavy (non-hydrogen) atoms. The first-order chi connectivity index (χ1) is 31.8. The zero-order valence-electron chi connectivity index (χ0n) is 42.3. The van der Waals surface area contributed by atoms with Gasteiger partial charge in [-0.1, -0.05) is 181 Å². The molecular weight excluding hydrogens is 860 g/mol. The van der Waals surface area contributed by atoms with Gasteiger partial charge in [-0.05, 0) is 64.3 Å². The second-order valence-corrected chi connectivity index (χ2v) is 20.1. The lowest BCUT2D eigenvalue weighted by molar-refractivity contribution is -0.151. The molecule has 0 aromatic rings. The molecule has 0 aliphatic heterocycles. The zero-order chi connectivity index (χ0) is 48.9. The van der Waals surface area contributed by atoms with Gasteiger partial charge in [0.25, 0.3) is 0 Å². The number of aliphatic hydroxyl groups excluding tert-OH is 1. The first kappa shape index (κ1) is 63.9. The van der Waals surface area contributed by atoms with Gasteiger partial charge in [-0.3, -0.25) is 23.7 Å². The molecule has 14 nitrogen and oxygen atoms in total. The molecule has 0 radical (unpaired) electrons. The topological polar surface area (TPSA) is 227 Å². The van der Waals surface area contributed by atoms with Gasteiger partial charge in [-0.15, -0.1) is 0 Å². The van der Waals surface area contributed by atoms with Crippen molar-refractivity contribution in [3.63, 3.8) is 0 Å².